The molecule has 2 rings (SSSR count). The molecule has 0 radical (unpaired) electrons. The van der Waals surface area contributed by atoms with Gasteiger partial charge in [0.25, 0.3) is 0 Å². The van der Waals surface area contributed by atoms with Crippen molar-refractivity contribution >= 4 is 5.78 Å². The summed E-state index contributed by atoms with van der Waals surface area (Å²) < 4.78 is 0. The van der Waals surface area contributed by atoms with Crippen molar-refractivity contribution in [1.29, 1.82) is 0 Å². The molecule has 1 heterocycles. The van der Waals surface area contributed by atoms with Crippen molar-refractivity contribution in [1.82, 2.24) is 5.32 Å². The molecule has 92 valence electrons. The minimum absolute atomic E-state index is 0.123. The van der Waals surface area contributed by atoms with Crippen LogP contribution < -0.4 is 11.1 Å². The number of nitrogens with two attached hydrogens (primary N) is 1. The van der Waals surface area contributed by atoms with Gasteiger partial charge in [-0.2, -0.15) is 0 Å². The van der Waals surface area contributed by atoms with E-state index in [0.29, 0.717) is 11.8 Å². The van der Waals surface area contributed by atoms with Gasteiger partial charge < -0.3 is 11.1 Å². The molecule has 2 unspecified atom stereocenters. The Morgan fingerprint density at radius 2 is 2.06 bits per heavy atom. The van der Waals surface area contributed by atoms with Crippen LogP contribution in [0, 0.1) is 5.92 Å². The number of hydrogen-bond donors (Lipinski definition) is 2. The normalized spacial score (nSPS) is 24.6. The molecule has 0 amide bonds. The lowest BCUT2D eigenvalue weighted by atomic mass is 9.85. The number of hydrogen-bond acceptors (Lipinski definition) is 3. The molecule has 3 N–H and O–H groups in total. The van der Waals surface area contributed by atoms with Crippen LogP contribution in [-0.4, -0.2) is 25.4 Å². The zero-order valence-corrected chi connectivity index (χ0v) is 10.3. The van der Waals surface area contributed by atoms with Gasteiger partial charge in [-0.05, 0) is 43.8 Å². The van der Waals surface area contributed by atoms with E-state index in [2.05, 4.69) is 17.4 Å². The van der Waals surface area contributed by atoms with Gasteiger partial charge in [-0.1, -0.05) is 24.3 Å². The number of Topliss-reactive ketones (excluding diaryl/α,β-unsaturated/α-hetero) is 1. The summed E-state index contributed by atoms with van der Waals surface area (Å²) in [5.41, 5.74) is 7.81. The maximum atomic E-state index is 11.2. The van der Waals surface area contributed by atoms with Crippen molar-refractivity contribution in [3.63, 3.8) is 0 Å². The third kappa shape index (κ3) is 2.93. The van der Waals surface area contributed by atoms with Crippen LogP contribution in [0.5, 0.6) is 0 Å². The number of rotatable bonds is 3. The molecule has 1 aliphatic rings. The van der Waals surface area contributed by atoms with Gasteiger partial charge in [0.1, 0.15) is 0 Å². The van der Waals surface area contributed by atoms with Crippen molar-refractivity contribution in [2.75, 3.05) is 19.6 Å². The Hall–Kier alpha value is -1.19. The number of carbonyl (C=O) groups excluding carboxylic acids is 1. The lowest BCUT2D eigenvalue weighted by Crippen LogP contribution is -2.38. The maximum Gasteiger partial charge on any atom is 0.159 e. The third-order valence-electron chi connectivity index (χ3n) is 3.56. The standard InChI is InChI=1S/C14H20N2O/c1-10(17)12-2-4-13(5-3-12)14-6-11(7-15)8-16-9-14/h2-5,11,14,16H,6-9,15H2,1H3. The molecule has 1 saturated heterocycles. The summed E-state index contributed by atoms with van der Waals surface area (Å²) in [6, 6.07) is 7.98. The fourth-order valence-electron chi connectivity index (χ4n) is 2.45. The Morgan fingerprint density at radius 3 is 2.65 bits per heavy atom. The Kier molecular flexibility index (Phi) is 3.92. The molecule has 17 heavy (non-hydrogen) atoms. The Morgan fingerprint density at radius 1 is 1.35 bits per heavy atom. The van der Waals surface area contributed by atoms with Crippen molar-refractivity contribution in [3.8, 4) is 0 Å². The average Bonchev–Trinajstić information content (AvgIpc) is 2.39. The van der Waals surface area contributed by atoms with Crippen LogP contribution in [-0.2, 0) is 0 Å². The second-order valence-corrected chi connectivity index (χ2v) is 4.87. The fourth-order valence-corrected chi connectivity index (χ4v) is 2.45. The van der Waals surface area contributed by atoms with E-state index in [9.17, 15) is 4.79 Å². The number of nitrogens with one attached hydrogen (secondary N) is 1. The summed E-state index contributed by atoms with van der Waals surface area (Å²) in [7, 11) is 0. The summed E-state index contributed by atoms with van der Waals surface area (Å²) >= 11 is 0. The van der Waals surface area contributed by atoms with Crippen LogP contribution in [0.15, 0.2) is 24.3 Å². The lowest BCUT2D eigenvalue weighted by Gasteiger charge is -2.29. The van der Waals surface area contributed by atoms with E-state index in [-0.39, 0.29) is 5.78 Å². The molecule has 0 spiro atoms. The van der Waals surface area contributed by atoms with Crippen LogP contribution in [0.2, 0.25) is 0 Å². The molecule has 3 heteroatoms. The van der Waals surface area contributed by atoms with Crippen molar-refractivity contribution in [3.05, 3.63) is 35.4 Å². The topological polar surface area (TPSA) is 55.1 Å². The number of benzene rings is 1. The predicted molar refractivity (Wildman–Crippen MR) is 69.2 cm³/mol. The largest absolute Gasteiger partial charge is 0.330 e. The molecule has 3 nitrogen and oxygen atoms in total. The highest BCUT2D eigenvalue weighted by Crippen LogP contribution is 2.26. The summed E-state index contributed by atoms with van der Waals surface area (Å²) in [5.74, 6) is 1.22. The number of piperidine rings is 1. The second-order valence-electron chi connectivity index (χ2n) is 4.87. The Balaban J connectivity index is 2.08. The molecular weight excluding hydrogens is 212 g/mol. The first-order valence-electron chi connectivity index (χ1n) is 6.22. The molecular formula is C14H20N2O. The van der Waals surface area contributed by atoms with Gasteiger partial charge in [-0.3, -0.25) is 4.79 Å². The first kappa shape index (κ1) is 12.3. The minimum atomic E-state index is 0.123. The Labute approximate surface area is 102 Å². The van der Waals surface area contributed by atoms with Crippen LogP contribution >= 0.6 is 0 Å². The third-order valence-corrected chi connectivity index (χ3v) is 3.56. The van der Waals surface area contributed by atoms with E-state index in [1.165, 1.54) is 5.56 Å². The summed E-state index contributed by atoms with van der Waals surface area (Å²) in [5, 5.41) is 3.42. The van der Waals surface area contributed by atoms with Crippen LogP contribution in [0.25, 0.3) is 0 Å². The van der Waals surface area contributed by atoms with Crippen molar-refractivity contribution < 1.29 is 4.79 Å². The van der Waals surface area contributed by atoms with Gasteiger partial charge in [-0.25, -0.2) is 0 Å². The van der Waals surface area contributed by atoms with Gasteiger partial charge in [-0.15, -0.1) is 0 Å². The second kappa shape index (κ2) is 5.43. The highest BCUT2D eigenvalue weighted by molar-refractivity contribution is 5.94. The maximum absolute atomic E-state index is 11.2. The molecule has 0 bridgehead atoms. The van der Waals surface area contributed by atoms with Crippen molar-refractivity contribution in [2.45, 2.75) is 19.3 Å². The molecule has 0 aliphatic carbocycles. The van der Waals surface area contributed by atoms with Gasteiger partial charge >= 0.3 is 0 Å². The average molecular weight is 232 g/mol. The van der Waals surface area contributed by atoms with E-state index < -0.39 is 0 Å². The van der Waals surface area contributed by atoms with Crippen LogP contribution in [0.1, 0.15) is 35.2 Å². The molecule has 1 aromatic rings. The highest BCUT2D eigenvalue weighted by atomic mass is 16.1. The first-order chi connectivity index (χ1) is 8.20. The van der Waals surface area contributed by atoms with Crippen LogP contribution in [0.4, 0.5) is 0 Å². The van der Waals surface area contributed by atoms with Gasteiger partial charge in [0.05, 0.1) is 0 Å². The zero-order chi connectivity index (χ0) is 12.3. The summed E-state index contributed by atoms with van der Waals surface area (Å²) in [6.45, 7) is 4.38. The van der Waals surface area contributed by atoms with E-state index >= 15 is 0 Å². The number of carbonyl (C=O) groups is 1. The van der Waals surface area contributed by atoms with E-state index in [4.69, 9.17) is 5.73 Å². The number of ketones is 1. The molecule has 0 saturated carbocycles. The first-order valence-corrected chi connectivity index (χ1v) is 6.22. The van der Waals surface area contributed by atoms with Crippen molar-refractivity contribution in [2.24, 2.45) is 11.7 Å². The van der Waals surface area contributed by atoms with E-state index in [1.807, 2.05) is 12.1 Å². The Bertz CT molecular complexity index is 386. The molecule has 0 aromatic heterocycles. The van der Waals surface area contributed by atoms with Gasteiger partial charge in [0, 0.05) is 12.1 Å². The minimum Gasteiger partial charge on any atom is -0.330 e. The quantitative estimate of drug-likeness (QED) is 0.777. The zero-order valence-electron chi connectivity index (χ0n) is 10.3. The SMILES string of the molecule is CC(=O)c1ccc(C2CNCC(CN)C2)cc1. The van der Waals surface area contributed by atoms with Gasteiger partial charge in [0.2, 0.25) is 0 Å². The van der Waals surface area contributed by atoms with Crippen LogP contribution in [0.3, 0.4) is 0 Å². The van der Waals surface area contributed by atoms with E-state index in [1.54, 1.807) is 6.92 Å². The smallest absolute Gasteiger partial charge is 0.159 e. The predicted octanol–water partition coefficient (Wildman–Crippen LogP) is 1.54. The molecule has 1 aliphatic heterocycles. The van der Waals surface area contributed by atoms with Gasteiger partial charge in [0.15, 0.2) is 5.78 Å². The summed E-state index contributed by atoms with van der Waals surface area (Å²) in [4.78, 5) is 11.2. The molecule has 2 atom stereocenters. The lowest BCUT2D eigenvalue weighted by molar-refractivity contribution is 0.101. The fraction of sp³-hybridized carbons (Fsp3) is 0.500. The van der Waals surface area contributed by atoms with E-state index in [0.717, 1.165) is 31.6 Å². The summed E-state index contributed by atoms with van der Waals surface area (Å²) in [6.07, 6.45) is 1.14. The monoisotopic (exact) mass is 232 g/mol. The molecule has 1 fully saturated rings. The highest BCUT2D eigenvalue weighted by Gasteiger charge is 2.21. The molecule has 1 aromatic carbocycles.